The van der Waals surface area contributed by atoms with Gasteiger partial charge in [-0.25, -0.2) is 13.6 Å². The summed E-state index contributed by atoms with van der Waals surface area (Å²) in [6, 6.07) is 11.7. The van der Waals surface area contributed by atoms with Gasteiger partial charge in [0.05, 0.1) is 22.1 Å². The Balaban J connectivity index is 1.47. The van der Waals surface area contributed by atoms with Crippen LogP contribution in [0.15, 0.2) is 53.5 Å². The zero-order chi connectivity index (χ0) is 19.3. The molecule has 4 aromatic rings. The lowest BCUT2D eigenvalue weighted by atomic mass is 10.0. The number of aromatic amines is 1. The van der Waals surface area contributed by atoms with E-state index in [1.807, 2.05) is 33.7 Å². The second-order valence-corrected chi connectivity index (χ2v) is 7.12. The second-order valence-electron chi connectivity index (χ2n) is 7.12. The predicted molar refractivity (Wildman–Crippen MR) is 105 cm³/mol. The Morgan fingerprint density at radius 3 is 2.57 bits per heavy atom. The minimum Gasteiger partial charge on any atom is -0.371 e. The summed E-state index contributed by atoms with van der Waals surface area (Å²) in [6.45, 7) is 1.29. The third-order valence-electron chi connectivity index (χ3n) is 5.56. The van der Waals surface area contributed by atoms with Crippen molar-refractivity contribution in [2.45, 2.75) is 18.9 Å². The summed E-state index contributed by atoms with van der Waals surface area (Å²) in [5, 5.41) is 0.213. The average Bonchev–Trinajstić information content (AvgIpc) is 3.06. The van der Waals surface area contributed by atoms with Gasteiger partial charge in [0.2, 0.25) is 0 Å². The van der Waals surface area contributed by atoms with Crippen LogP contribution in [0, 0.1) is 11.6 Å². The molecule has 0 radical (unpaired) electrons. The van der Waals surface area contributed by atoms with Crippen molar-refractivity contribution in [1.82, 2.24) is 14.5 Å². The molecule has 0 saturated carbocycles. The first-order valence-corrected chi connectivity index (χ1v) is 9.30. The van der Waals surface area contributed by atoms with Crippen LogP contribution in [0.1, 0.15) is 18.9 Å². The van der Waals surface area contributed by atoms with Crippen LogP contribution in [0.2, 0.25) is 0 Å². The van der Waals surface area contributed by atoms with E-state index in [1.54, 1.807) is 6.07 Å². The number of hydrogen-bond donors (Lipinski definition) is 1. The lowest BCUT2D eigenvalue weighted by Crippen LogP contribution is -2.37. The molecule has 0 spiro atoms. The van der Waals surface area contributed by atoms with Crippen LogP contribution in [0.4, 0.5) is 14.5 Å². The molecule has 5 rings (SSSR count). The van der Waals surface area contributed by atoms with Crippen molar-refractivity contribution in [1.29, 1.82) is 0 Å². The number of rotatable bonds is 2. The number of nitrogens with zero attached hydrogens (tertiary/aromatic N) is 3. The third kappa shape index (κ3) is 2.58. The highest BCUT2D eigenvalue weighted by molar-refractivity contribution is 5.92. The molecule has 28 heavy (non-hydrogen) atoms. The zero-order valence-electron chi connectivity index (χ0n) is 15.0. The van der Waals surface area contributed by atoms with Crippen molar-refractivity contribution in [3.8, 4) is 0 Å². The summed E-state index contributed by atoms with van der Waals surface area (Å²) in [5.74, 6) is -1.01. The monoisotopic (exact) mass is 380 g/mol. The van der Waals surface area contributed by atoms with E-state index < -0.39 is 11.6 Å². The topological polar surface area (TPSA) is 53.9 Å². The number of halogens is 2. The lowest BCUT2D eigenvalue weighted by molar-refractivity contribution is 0.397. The summed E-state index contributed by atoms with van der Waals surface area (Å²) < 4.78 is 30.3. The number of fused-ring (bicyclic) bond motifs is 2. The highest BCUT2D eigenvalue weighted by Gasteiger charge is 2.25. The zero-order valence-corrected chi connectivity index (χ0v) is 15.0. The van der Waals surface area contributed by atoms with Gasteiger partial charge in [0.15, 0.2) is 0 Å². The Bertz CT molecular complexity index is 1240. The number of nitrogens with one attached hydrogen (secondary N) is 1. The predicted octanol–water partition coefficient (Wildman–Crippen LogP) is 4.00. The molecule has 1 fully saturated rings. The van der Waals surface area contributed by atoms with E-state index >= 15 is 0 Å². The van der Waals surface area contributed by atoms with E-state index in [0.29, 0.717) is 18.8 Å². The van der Waals surface area contributed by atoms with Crippen LogP contribution in [0.25, 0.3) is 21.9 Å². The first-order chi connectivity index (χ1) is 13.6. The molecular weight excluding hydrogens is 362 g/mol. The van der Waals surface area contributed by atoms with Gasteiger partial charge >= 0.3 is 5.69 Å². The van der Waals surface area contributed by atoms with Crippen LogP contribution >= 0.6 is 0 Å². The fourth-order valence-electron chi connectivity index (χ4n) is 4.24. The molecule has 2 aromatic heterocycles. The molecule has 1 aliphatic rings. The van der Waals surface area contributed by atoms with Gasteiger partial charge in [0, 0.05) is 25.3 Å². The number of H-pyrrole nitrogens is 1. The summed E-state index contributed by atoms with van der Waals surface area (Å²) in [4.78, 5) is 21.4. The Labute approximate surface area is 159 Å². The van der Waals surface area contributed by atoms with E-state index in [9.17, 15) is 13.6 Å². The van der Waals surface area contributed by atoms with Gasteiger partial charge in [0.1, 0.15) is 17.2 Å². The molecular formula is C21H18F2N4O. The number of aromatic nitrogens is 3. The summed E-state index contributed by atoms with van der Waals surface area (Å²) in [5.41, 5.74) is 2.31. The largest absolute Gasteiger partial charge is 0.371 e. The highest BCUT2D eigenvalue weighted by atomic mass is 19.1. The van der Waals surface area contributed by atoms with Gasteiger partial charge in [-0.15, -0.1) is 0 Å². The molecule has 3 heterocycles. The number of benzene rings is 2. The fourth-order valence-corrected chi connectivity index (χ4v) is 4.24. The molecule has 1 saturated heterocycles. The van der Waals surface area contributed by atoms with Gasteiger partial charge in [0.25, 0.3) is 0 Å². The quantitative estimate of drug-likeness (QED) is 0.572. The second kappa shape index (κ2) is 6.44. The van der Waals surface area contributed by atoms with Gasteiger partial charge in [-0.05, 0) is 43.2 Å². The standard InChI is InChI=1S/C21H18F2N4O/c22-14-5-6-15(23)20-19(14)18(7-10-24-20)26-11-8-13(9-12-26)27-17-4-2-1-3-16(17)25-21(27)28/h1-7,10,13H,8-9,11-12H2,(H,25,28). The Morgan fingerprint density at radius 2 is 1.75 bits per heavy atom. The maximum Gasteiger partial charge on any atom is 0.326 e. The number of hydrogen-bond acceptors (Lipinski definition) is 3. The first-order valence-electron chi connectivity index (χ1n) is 9.30. The third-order valence-corrected chi connectivity index (χ3v) is 5.56. The molecule has 0 bridgehead atoms. The van der Waals surface area contributed by atoms with Crippen LogP contribution in [0.3, 0.4) is 0 Å². The van der Waals surface area contributed by atoms with E-state index in [0.717, 1.165) is 36.0 Å². The molecule has 0 unspecified atom stereocenters. The number of piperidine rings is 1. The van der Waals surface area contributed by atoms with Crippen molar-refractivity contribution in [2.24, 2.45) is 0 Å². The maximum atomic E-state index is 14.4. The molecule has 2 aromatic carbocycles. The average molecular weight is 380 g/mol. The van der Waals surface area contributed by atoms with Crippen molar-refractivity contribution in [2.75, 3.05) is 18.0 Å². The van der Waals surface area contributed by atoms with Crippen molar-refractivity contribution in [3.63, 3.8) is 0 Å². The molecule has 0 amide bonds. The van der Waals surface area contributed by atoms with Crippen LogP contribution in [-0.2, 0) is 0 Å². The maximum absolute atomic E-state index is 14.4. The van der Waals surface area contributed by atoms with Gasteiger partial charge in [-0.3, -0.25) is 9.55 Å². The number of para-hydroxylation sites is 2. The van der Waals surface area contributed by atoms with Gasteiger partial charge in [-0.1, -0.05) is 12.1 Å². The van der Waals surface area contributed by atoms with E-state index in [1.165, 1.54) is 6.20 Å². The molecule has 0 atom stereocenters. The molecule has 1 aliphatic heterocycles. The number of pyridine rings is 1. The Kier molecular flexibility index (Phi) is 3.89. The Morgan fingerprint density at radius 1 is 1.00 bits per heavy atom. The smallest absolute Gasteiger partial charge is 0.326 e. The molecule has 0 aliphatic carbocycles. The Hall–Kier alpha value is -3.22. The first kappa shape index (κ1) is 16.9. The highest BCUT2D eigenvalue weighted by Crippen LogP contribution is 2.33. The normalized spacial score (nSPS) is 15.6. The van der Waals surface area contributed by atoms with E-state index in [-0.39, 0.29) is 22.6 Å². The summed E-state index contributed by atoms with van der Waals surface area (Å²) in [6.07, 6.45) is 2.99. The number of imidazole rings is 1. The van der Waals surface area contributed by atoms with Crippen LogP contribution in [-0.4, -0.2) is 27.6 Å². The number of anilines is 1. The molecule has 5 nitrogen and oxygen atoms in total. The lowest BCUT2D eigenvalue weighted by Gasteiger charge is -2.34. The van der Waals surface area contributed by atoms with Gasteiger partial charge < -0.3 is 9.88 Å². The fraction of sp³-hybridized carbons (Fsp3) is 0.238. The molecule has 7 heteroatoms. The van der Waals surface area contributed by atoms with E-state index in [2.05, 4.69) is 9.97 Å². The SMILES string of the molecule is O=c1[nH]c2ccccc2n1C1CCN(c2ccnc3c(F)ccc(F)c23)CC1. The van der Waals surface area contributed by atoms with Gasteiger partial charge in [-0.2, -0.15) is 0 Å². The van der Waals surface area contributed by atoms with Crippen LogP contribution < -0.4 is 10.6 Å². The van der Waals surface area contributed by atoms with E-state index in [4.69, 9.17) is 0 Å². The minimum atomic E-state index is -0.529. The molecule has 1 N–H and O–H groups in total. The van der Waals surface area contributed by atoms with Crippen molar-refractivity contribution < 1.29 is 8.78 Å². The minimum absolute atomic E-state index is 0.0486. The molecule has 142 valence electrons. The van der Waals surface area contributed by atoms with Crippen molar-refractivity contribution >= 4 is 27.6 Å². The van der Waals surface area contributed by atoms with Crippen molar-refractivity contribution in [3.05, 3.63) is 70.8 Å². The summed E-state index contributed by atoms with van der Waals surface area (Å²) >= 11 is 0. The summed E-state index contributed by atoms with van der Waals surface area (Å²) in [7, 11) is 0. The van der Waals surface area contributed by atoms with Crippen LogP contribution in [0.5, 0.6) is 0 Å².